The predicted octanol–water partition coefficient (Wildman–Crippen LogP) is 3.61. The molecule has 0 saturated heterocycles. The second-order valence-corrected chi connectivity index (χ2v) is 5.65. The number of hydrogen-bond acceptors (Lipinski definition) is 4. The Morgan fingerprint density at radius 1 is 1.05 bits per heavy atom. The van der Waals surface area contributed by atoms with Crippen LogP contribution in [0.15, 0.2) is 12.1 Å². The van der Waals surface area contributed by atoms with E-state index in [0.29, 0.717) is 5.92 Å². The quantitative estimate of drug-likeness (QED) is 0.895. The van der Waals surface area contributed by atoms with Gasteiger partial charge in [0.1, 0.15) is 11.6 Å². The number of nitrogens with zero attached hydrogens (tertiary/aromatic N) is 3. The number of H-pyrrole nitrogens is 1. The lowest BCUT2D eigenvalue weighted by molar-refractivity contribution is 0.428. The van der Waals surface area contributed by atoms with Crippen molar-refractivity contribution in [3.63, 3.8) is 0 Å². The minimum Gasteiger partial charge on any atom is -0.323 e. The Morgan fingerprint density at radius 3 is 2.55 bits per heavy atom. The van der Waals surface area contributed by atoms with Gasteiger partial charge in [0, 0.05) is 29.4 Å². The van der Waals surface area contributed by atoms with Gasteiger partial charge in [0.25, 0.3) is 0 Å². The van der Waals surface area contributed by atoms with E-state index >= 15 is 0 Å². The third-order valence-electron chi connectivity index (χ3n) is 3.80. The molecule has 0 unspecified atom stereocenters. The fourth-order valence-corrected chi connectivity index (χ4v) is 2.81. The summed E-state index contributed by atoms with van der Waals surface area (Å²) in [4.78, 5) is 9.31. The maximum atomic E-state index is 4.69. The van der Waals surface area contributed by atoms with Crippen molar-refractivity contribution in [1.29, 1.82) is 0 Å². The predicted molar refractivity (Wildman–Crippen MR) is 79.2 cm³/mol. The summed E-state index contributed by atoms with van der Waals surface area (Å²) in [6.45, 7) is 4.01. The Bertz CT molecular complexity index is 584. The summed E-state index contributed by atoms with van der Waals surface area (Å²) in [7, 11) is 0. The van der Waals surface area contributed by atoms with Crippen LogP contribution in [0.2, 0.25) is 0 Å². The summed E-state index contributed by atoms with van der Waals surface area (Å²) in [5, 5.41) is 10.4. The number of nitrogens with one attached hydrogen (secondary N) is 2. The van der Waals surface area contributed by atoms with Crippen molar-refractivity contribution in [1.82, 2.24) is 20.2 Å². The monoisotopic (exact) mass is 271 g/mol. The number of aromatic amines is 1. The van der Waals surface area contributed by atoms with Gasteiger partial charge in [0.2, 0.25) is 0 Å². The maximum Gasteiger partial charge on any atom is 0.153 e. The lowest BCUT2D eigenvalue weighted by Crippen LogP contribution is -2.10. The second kappa shape index (κ2) is 5.61. The van der Waals surface area contributed by atoms with E-state index in [0.717, 1.165) is 28.8 Å². The SMILES string of the molecule is Cc1cc(Nc2cc(C)[nH]n2)nc(C2CCCCC2)n1. The third-order valence-corrected chi connectivity index (χ3v) is 3.80. The summed E-state index contributed by atoms with van der Waals surface area (Å²) < 4.78 is 0. The molecule has 2 aromatic rings. The van der Waals surface area contributed by atoms with E-state index in [9.17, 15) is 0 Å². The first-order valence-electron chi connectivity index (χ1n) is 7.35. The van der Waals surface area contributed by atoms with Gasteiger partial charge in [-0.15, -0.1) is 0 Å². The molecule has 0 aromatic carbocycles. The molecule has 0 amide bonds. The molecule has 0 aliphatic heterocycles. The van der Waals surface area contributed by atoms with E-state index < -0.39 is 0 Å². The first kappa shape index (κ1) is 13.1. The smallest absolute Gasteiger partial charge is 0.153 e. The highest BCUT2D eigenvalue weighted by Gasteiger charge is 2.19. The molecule has 0 spiro atoms. The Hall–Kier alpha value is -1.91. The summed E-state index contributed by atoms with van der Waals surface area (Å²) in [5.74, 6) is 3.14. The zero-order valence-corrected chi connectivity index (χ0v) is 12.1. The average molecular weight is 271 g/mol. The number of aromatic nitrogens is 4. The molecule has 3 rings (SSSR count). The van der Waals surface area contributed by atoms with E-state index in [1.165, 1.54) is 32.1 Å². The van der Waals surface area contributed by atoms with Crippen LogP contribution in [0.4, 0.5) is 11.6 Å². The first-order chi connectivity index (χ1) is 9.70. The van der Waals surface area contributed by atoms with Gasteiger partial charge in [-0.3, -0.25) is 5.10 Å². The first-order valence-corrected chi connectivity index (χ1v) is 7.35. The van der Waals surface area contributed by atoms with E-state index in [1.54, 1.807) is 0 Å². The van der Waals surface area contributed by atoms with Crippen molar-refractivity contribution >= 4 is 11.6 Å². The van der Waals surface area contributed by atoms with Crippen LogP contribution in [0.5, 0.6) is 0 Å². The van der Waals surface area contributed by atoms with Crippen LogP contribution in [-0.4, -0.2) is 20.2 Å². The molecule has 2 aromatic heterocycles. The van der Waals surface area contributed by atoms with Gasteiger partial charge in [0.05, 0.1) is 0 Å². The molecule has 5 heteroatoms. The molecule has 0 radical (unpaired) electrons. The fraction of sp³-hybridized carbons (Fsp3) is 0.533. The van der Waals surface area contributed by atoms with Crippen molar-refractivity contribution < 1.29 is 0 Å². The van der Waals surface area contributed by atoms with E-state index in [4.69, 9.17) is 0 Å². The zero-order chi connectivity index (χ0) is 13.9. The largest absolute Gasteiger partial charge is 0.323 e. The Kier molecular flexibility index (Phi) is 3.67. The zero-order valence-electron chi connectivity index (χ0n) is 12.1. The fourth-order valence-electron chi connectivity index (χ4n) is 2.81. The van der Waals surface area contributed by atoms with Gasteiger partial charge in [-0.05, 0) is 26.7 Å². The van der Waals surface area contributed by atoms with Crippen LogP contribution >= 0.6 is 0 Å². The number of rotatable bonds is 3. The number of aryl methyl sites for hydroxylation is 2. The highest BCUT2D eigenvalue weighted by Crippen LogP contribution is 2.31. The topological polar surface area (TPSA) is 66.5 Å². The van der Waals surface area contributed by atoms with E-state index in [-0.39, 0.29) is 0 Å². The van der Waals surface area contributed by atoms with Crippen LogP contribution < -0.4 is 5.32 Å². The van der Waals surface area contributed by atoms with Crippen LogP contribution in [-0.2, 0) is 0 Å². The lowest BCUT2D eigenvalue weighted by atomic mass is 9.88. The summed E-state index contributed by atoms with van der Waals surface area (Å²) in [6, 6.07) is 3.94. The minimum absolute atomic E-state index is 0.519. The Labute approximate surface area is 119 Å². The maximum absolute atomic E-state index is 4.69. The normalized spacial score (nSPS) is 16.3. The van der Waals surface area contributed by atoms with Gasteiger partial charge in [0.15, 0.2) is 5.82 Å². The Balaban J connectivity index is 1.82. The number of hydrogen-bond donors (Lipinski definition) is 2. The van der Waals surface area contributed by atoms with Crippen LogP contribution in [0.3, 0.4) is 0 Å². The molecule has 1 aliphatic rings. The van der Waals surface area contributed by atoms with Crippen LogP contribution in [0, 0.1) is 13.8 Å². The van der Waals surface area contributed by atoms with Gasteiger partial charge in [-0.2, -0.15) is 5.10 Å². The van der Waals surface area contributed by atoms with Crippen molar-refractivity contribution in [3.05, 3.63) is 29.3 Å². The van der Waals surface area contributed by atoms with Crippen molar-refractivity contribution in [2.75, 3.05) is 5.32 Å². The van der Waals surface area contributed by atoms with Crippen LogP contribution in [0.25, 0.3) is 0 Å². The second-order valence-electron chi connectivity index (χ2n) is 5.65. The molecule has 20 heavy (non-hydrogen) atoms. The van der Waals surface area contributed by atoms with E-state index in [1.807, 2.05) is 26.0 Å². The molecule has 2 heterocycles. The molecule has 1 fully saturated rings. The van der Waals surface area contributed by atoms with E-state index in [2.05, 4.69) is 25.5 Å². The molecular formula is C15H21N5. The van der Waals surface area contributed by atoms with Gasteiger partial charge >= 0.3 is 0 Å². The third kappa shape index (κ3) is 2.98. The standard InChI is InChI=1S/C15H21N5/c1-10-8-13(17-14-9-11(2)19-20-14)18-15(16-10)12-6-4-3-5-7-12/h8-9,12H,3-7H2,1-2H3,(H2,16,17,18,19,20). The summed E-state index contributed by atoms with van der Waals surface area (Å²) >= 11 is 0. The van der Waals surface area contributed by atoms with Crippen molar-refractivity contribution in [2.24, 2.45) is 0 Å². The van der Waals surface area contributed by atoms with Crippen molar-refractivity contribution in [2.45, 2.75) is 51.9 Å². The molecule has 1 aliphatic carbocycles. The highest BCUT2D eigenvalue weighted by atomic mass is 15.2. The summed E-state index contributed by atoms with van der Waals surface area (Å²) in [6.07, 6.45) is 6.36. The van der Waals surface area contributed by atoms with Gasteiger partial charge in [-0.25, -0.2) is 9.97 Å². The highest BCUT2D eigenvalue weighted by molar-refractivity contribution is 5.52. The number of anilines is 2. The van der Waals surface area contributed by atoms with Crippen molar-refractivity contribution in [3.8, 4) is 0 Å². The van der Waals surface area contributed by atoms with Gasteiger partial charge < -0.3 is 5.32 Å². The molecular weight excluding hydrogens is 250 g/mol. The molecule has 0 atom stereocenters. The molecule has 5 nitrogen and oxygen atoms in total. The molecule has 2 N–H and O–H groups in total. The van der Waals surface area contributed by atoms with Gasteiger partial charge in [-0.1, -0.05) is 19.3 Å². The lowest BCUT2D eigenvalue weighted by Gasteiger charge is -2.20. The molecule has 1 saturated carbocycles. The minimum atomic E-state index is 0.519. The molecule has 106 valence electrons. The van der Waals surface area contributed by atoms with Crippen LogP contribution in [0.1, 0.15) is 55.2 Å². The Morgan fingerprint density at radius 2 is 1.85 bits per heavy atom. The summed E-state index contributed by atoms with van der Waals surface area (Å²) in [5.41, 5.74) is 2.04. The molecule has 0 bridgehead atoms. The average Bonchev–Trinajstić information content (AvgIpc) is 2.84.